The van der Waals surface area contributed by atoms with Crippen LogP contribution in [0.25, 0.3) is 0 Å². The summed E-state index contributed by atoms with van der Waals surface area (Å²) in [6.07, 6.45) is 4.84. The Balaban J connectivity index is 2.37. The molecule has 0 saturated carbocycles. The Morgan fingerprint density at radius 1 is 1.50 bits per heavy atom. The van der Waals surface area contributed by atoms with E-state index in [9.17, 15) is 0 Å². The van der Waals surface area contributed by atoms with Gasteiger partial charge in [-0.25, -0.2) is 0 Å². The summed E-state index contributed by atoms with van der Waals surface area (Å²) < 4.78 is 7.06. The fraction of sp³-hybridized carbons (Fsp3) is 0.857. The number of hydrogen-bond acceptors (Lipinski definition) is 1. The van der Waals surface area contributed by atoms with Gasteiger partial charge in [-0.05, 0) is 26.2 Å². The molecule has 0 fully saturated rings. The van der Waals surface area contributed by atoms with Gasteiger partial charge in [-0.1, -0.05) is 6.42 Å². The van der Waals surface area contributed by atoms with Crippen LogP contribution in [0.4, 0.5) is 0 Å². The van der Waals surface area contributed by atoms with Crippen molar-refractivity contribution in [1.29, 1.82) is 0 Å². The summed E-state index contributed by atoms with van der Waals surface area (Å²) in [5, 5.41) is 0. The first kappa shape index (κ1) is 4.54. The van der Waals surface area contributed by atoms with Gasteiger partial charge in [0.2, 0.25) is 0 Å². The molecule has 0 aromatic carbocycles. The third-order valence-electron chi connectivity index (χ3n) is 1.46. The van der Waals surface area contributed by atoms with Crippen molar-refractivity contribution in [3.05, 3.63) is 0 Å². The van der Waals surface area contributed by atoms with Gasteiger partial charge in [0.1, 0.15) is 0 Å². The first-order chi connectivity index (χ1) is 4.43. The van der Waals surface area contributed by atoms with Crippen LogP contribution in [-0.4, -0.2) is 12.3 Å². The lowest BCUT2D eigenvalue weighted by Crippen LogP contribution is -1.87. The standard InChI is InChI=1S/C7H13N/c1-7-5-3-2-4-6-8-7/h2-6H2,1H3/i1D. The highest BCUT2D eigenvalue weighted by Gasteiger charge is 1.96. The maximum atomic E-state index is 7.06. The summed E-state index contributed by atoms with van der Waals surface area (Å²) in [4.78, 5) is 4.27. The van der Waals surface area contributed by atoms with Crippen molar-refractivity contribution in [2.75, 3.05) is 6.54 Å². The lowest BCUT2D eigenvalue weighted by Gasteiger charge is -1.89. The molecule has 0 spiro atoms. The van der Waals surface area contributed by atoms with Crippen LogP contribution < -0.4 is 0 Å². The molecule has 1 heterocycles. The van der Waals surface area contributed by atoms with Gasteiger partial charge < -0.3 is 0 Å². The second kappa shape index (κ2) is 2.85. The van der Waals surface area contributed by atoms with Crippen molar-refractivity contribution in [3.63, 3.8) is 0 Å². The maximum Gasteiger partial charge on any atom is 0.0388 e. The molecule has 1 heteroatoms. The predicted molar refractivity (Wildman–Crippen MR) is 36.4 cm³/mol. The van der Waals surface area contributed by atoms with Crippen molar-refractivity contribution in [2.24, 2.45) is 4.99 Å². The maximum absolute atomic E-state index is 7.06. The van der Waals surface area contributed by atoms with Crippen LogP contribution in [0.2, 0.25) is 0 Å². The molecule has 0 radical (unpaired) electrons. The number of hydrogen-bond donors (Lipinski definition) is 0. The molecule has 8 heavy (non-hydrogen) atoms. The molecular weight excluding hydrogens is 98.1 g/mol. The SMILES string of the molecule is [2H]CC1=NCCCCC1. The molecule has 1 rings (SSSR count). The molecule has 1 nitrogen and oxygen atoms in total. The normalized spacial score (nSPS) is 23.5. The molecule has 0 atom stereocenters. The molecule has 0 amide bonds. The highest BCUT2D eigenvalue weighted by molar-refractivity contribution is 5.81. The molecule has 0 aromatic heterocycles. The molecule has 46 valence electrons. The van der Waals surface area contributed by atoms with Crippen molar-refractivity contribution in [1.82, 2.24) is 0 Å². The van der Waals surface area contributed by atoms with Crippen LogP contribution in [0.1, 0.15) is 34.0 Å². The monoisotopic (exact) mass is 112 g/mol. The number of aliphatic imine (C=N–C) groups is 1. The lowest BCUT2D eigenvalue weighted by molar-refractivity contribution is 0.731. The Hall–Kier alpha value is -0.330. The van der Waals surface area contributed by atoms with Crippen molar-refractivity contribution in [2.45, 2.75) is 32.6 Å². The van der Waals surface area contributed by atoms with Crippen LogP contribution in [-0.2, 0) is 0 Å². The van der Waals surface area contributed by atoms with Crippen molar-refractivity contribution < 1.29 is 1.37 Å². The summed E-state index contributed by atoms with van der Waals surface area (Å²) in [6, 6.07) is 0. The summed E-state index contributed by atoms with van der Waals surface area (Å²) in [6.45, 7) is 1.38. The molecule has 0 saturated heterocycles. The highest BCUT2D eigenvalue weighted by atomic mass is 14.7. The Morgan fingerprint density at radius 3 is 3.38 bits per heavy atom. The Bertz CT molecular complexity index is 109. The lowest BCUT2D eigenvalue weighted by atomic mass is 10.2. The zero-order chi connectivity index (χ0) is 6.53. The second-order valence-corrected chi connectivity index (χ2v) is 2.26. The first-order valence-corrected chi connectivity index (χ1v) is 3.25. The van der Waals surface area contributed by atoms with E-state index in [4.69, 9.17) is 1.37 Å². The van der Waals surface area contributed by atoms with E-state index in [0.717, 1.165) is 18.7 Å². The van der Waals surface area contributed by atoms with Crippen molar-refractivity contribution in [3.8, 4) is 0 Å². The Labute approximate surface area is 52.2 Å². The van der Waals surface area contributed by atoms with Gasteiger partial charge in [-0.15, -0.1) is 0 Å². The van der Waals surface area contributed by atoms with E-state index in [1.54, 1.807) is 0 Å². The van der Waals surface area contributed by atoms with E-state index in [0.29, 0.717) is 6.90 Å². The fourth-order valence-corrected chi connectivity index (χ4v) is 0.934. The zero-order valence-corrected chi connectivity index (χ0v) is 5.19. The number of nitrogens with zero attached hydrogens (tertiary/aromatic N) is 1. The van der Waals surface area contributed by atoms with E-state index in [1.165, 1.54) is 19.3 Å². The first-order valence-electron chi connectivity index (χ1n) is 3.95. The second-order valence-electron chi connectivity index (χ2n) is 2.26. The van der Waals surface area contributed by atoms with Gasteiger partial charge in [0.05, 0.1) is 0 Å². The Kier molecular flexibility index (Phi) is 1.62. The van der Waals surface area contributed by atoms with E-state index in [2.05, 4.69) is 4.99 Å². The summed E-state index contributed by atoms with van der Waals surface area (Å²) in [5.74, 6) is 0. The molecule has 0 aliphatic carbocycles. The zero-order valence-electron chi connectivity index (χ0n) is 6.19. The predicted octanol–water partition coefficient (Wildman–Crippen LogP) is 2.02. The van der Waals surface area contributed by atoms with E-state index in [-0.39, 0.29) is 0 Å². The minimum absolute atomic E-state index is 0.417. The average Bonchev–Trinajstić information content (AvgIpc) is 2.13. The highest BCUT2D eigenvalue weighted by Crippen LogP contribution is 2.06. The summed E-state index contributed by atoms with van der Waals surface area (Å²) >= 11 is 0. The molecule has 1 aliphatic rings. The average molecular weight is 112 g/mol. The van der Waals surface area contributed by atoms with Gasteiger partial charge in [0.25, 0.3) is 0 Å². The third-order valence-corrected chi connectivity index (χ3v) is 1.46. The smallest absolute Gasteiger partial charge is 0.0388 e. The quantitative estimate of drug-likeness (QED) is 0.454. The van der Waals surface area contributed by atoms with Crippen LogP contribution in [0, 0.1) is 0 Å². The van der Waals surface area contributed by atoms with Crippen LogP contribution >= 0.6 is 0 Å². The summed E-state index contributed by atoms with van der Waals surface area (Å²) in [5.41, 5.74) is 1.10. The minimum Gasteiger partial charge on any atom is -0.294 e. The molecule has 0 bridgehead atoms. The van der Waals surface area contributed by atoms with Crippen LogP contribution in [0.15, 0.2) is 4.99 Å². The van der Waals surface area contributed by atoms with Crippen LogP contribution in [0.3, 0.4) is 0 Å². The van der Waals surface area contributed by atoms with Gasteiger partial charge in [-0.3, -0.25) is 4.99 Å². The third kappa shape index (κ3) is 1.65. The largest absolute Gasteiger partial charge is 0.294 e. The van der Waals surface area contributed by atoms with E-state index in [1.807, 2.05) is 0 Å². The topological polar surface area (TPSA) is 12.4 Å². The summed E-state index contributed by atoms with van der Waals surface area (Å²) in [7, 11) is 0. The van der Waals surface area contributed by atoms with Gasteiger partial charge in [-0.2, -0.15) is 0 Å². The molecule has 0 N–H and O–H groups in total. The molecule has 0 aromatic rings. The van der Waals surface area contributed by atoms with Crippen LogP contribution in [0.5, 0.6) is 0 Å². The molecule has 0 unspecified atom stereocenters. The van der Waals surface area contributed by atoms with Gasteiger partial charge >= 0.3 is 0 Å². The van der Waals surface area contributed by atoms with Gasteiger partial charge in [0, 0.05) is 13.6 Å². The number of rotatable bonds is 0. The minimum atomic E-state index is 0.417. The van der Waals surface area contributed by atoms with E-state index >= 15 is 0 Å². The van der Waals surface area contributed by atoms with E-state index < -0.39 is 0 Å². The Morgan fingerprint density at radius 2 is 2.50 bits per heavy atom. The fourth-order valence-electron chi connectivity index (χ4n) is 0.934. The molecular formula is C7H13N. The van der Waals surface area contributed by atoms with Gasteiger partial charge in [0.15, 0.2) is 0 Å². The van der Waals surface area contributed by atoms with Crippen molar-refractivity contribution >= 4 is 5.71 Å². The molecule has 1 aliphatic heterocycles.